The van der Waals surface area contributed by atoms with E-state index >= 15 is 0 Å². The Kier molecular flexibility index (Phi) is 4.31. The number of hydrogen-bond acceptors (Lipinski definition) is 2. The number of aliphatic hydroxyl groups is 1. The Morgan fingerprint density at radius 2 is 1.67 bits per heavy atom. The van der Waals surface area contributed by atoms with Gasteiger partial charge < -0.3 is 9.84 Å². The molecule has 0 aliphatic heterocycles. The first-order chi connectivity index (χ1) is 8.81. The van der Waals surface area contributed by atoms with Crippen LogP contribution in [0.2, 0.25) is 0 Å². The molecule has 0 aromatic heterocycles. The average Bonchev–Trinajstić information content (AvgIpc) is 2.42. The molecule has 2 nitrogen and oxygen atoms in total. The van der Waals surface area contributed by atoms with Crippen molar-refractivity contribution >= 4 is 0 Å². The minimum atomic E-state index is -0.355. The predicted octanol–water partition coefficient (Wildman–Crippen LogP) is 2.98. The van der Waals surface area contributed by atoms with Crippen molar-refractivity contribution in [2.75, 3.05) is 13.2 Å². The molecule has 0 radical (unpaired) electrons. The largest absolute Gasteiger partial charge is 0.493 e. The molecule has 2 aromatic rings. The van der Waals surface area contributed by atoms with Gasteiger partial charge in [-0.3, -0.25) is 0 Å². The number of hydrogen-bond donors (Lipinski definition) is 1. The van der Waals surface area contributed by atoms with E-state index in [0.29, 0.717) is 11.3 Å². The van der Waals surface area contributed by atoms with Crippen molar-refractivity contribution in [1.29, 1.82) is 0 Å². The van der Waals surface area contributed by atoms with Crippen LogP contribution in [0.5, 0.6) is 5.75 Å². The maximum Gasteiger partial charge on any atom is 0.126 e. The van der Waals surface area contributed by atoms with E-state index in [1.807, 2.05) is 30.3 Å². The highest BCUT2D eigenvalue weighted by Gasteiger charge is 2.15. The van der Waals surface area contributed by atoms with Crippen LogP contribution in [0.1, 0.15) is 11.5 Å². The summed E-state index contributed by atoms with van der Waals surface area (Å²) in [4.78, 5) is 0. The fraction of sp³-hybridized carbons (Fsp3) is 0.200. The minimum absolute atomic E-state index is 0.145. The van der Waals surface area contributed by atoms with E-state index in [9.17, 15) is 9.50 Å². The van der Waals surface area contributed by atoms with E-state index < -0.39 is 0 Å². The highest BCUT2D eigenvalue weighted by molar-refractivity contribution is 5.24. The Bertz CT molecular complexity index is 485. The zero-order valence-corrected chi connectivity index (χ0v) is 9.92. The molecule has 0 aliphatic carbocycles. The summed E-state index contributed by atoms with van der Waals surface area (Å²) in [5, 5.41) is 9.34. The molecule has 1 unspecified atom stereocenters. The van der Waals surface area contributed by atoms with Gasteiger partial charge in [0.25, 0.3) is 0 Å². The predicted molar refractivity (Wildman–Crippen MR) is 68.2 cm³/mol. The number of para-hydroxylation sites is 1. The SMILES string of the molecule is OCC(COc1ccccc1)c1ccccc1F. The fourth-order valence-corrected chi connectivity index (χ4v) is 1.76. The van der Waals surface area contributed by atoms with Crippen LogP contribution in [-0.4, -0.2) is 18.3 Å². The van der Waals surface area contributed by atoms with Crippen molar-refractivity contribution in [2.24, 2.45) is 0 Å². The van der Waals surface area contributed by atoms with Crippen LogP contribution in [0.3, 0.4) is 0 Å². The topological polar surface area (TPSA) is 29.5 Å². The van der Waals surface area contributed by atoms with Crippen molar-refractivity contribution < 1.29 is 14.2 Å². The Balaban J connectivity index is 2.04. The molecule has 0 saturated heterocycles. The first kappa shape index (κ1) is 12.6. The Hall–Kier alpha value is -1.87. The van der Waals surface area contributed by atoms with Gasteiger partial charge >= 0.3 is 0 Å². The fourth-order valence-electron chi connectivity index (χ4n) is 1.76. The highest BCUT2D eigenvalue weighted by Crippen LogP contribution is 2.20. The molecule has 0 fully saturated rings. The van der Waals surface area contributed by atoms with Crippen LogP contribution in [0.25, 0.3) is 0 Å². The lowest BCUT2D eigenvalue weighted by atomic mass is 10.0. The summed E-state index contributed by atoms with van der Waals surface area (Å²) in [5.74, 6) is 0.0481. The van der Waals surface area contributed by atoms with E-state index in [1.165, 1.54) is 6.07 Å². The average molecular weight is 246 g/mol. The number of halogens is 1. The zero-order chi connectivity index (χ0) is 12.8. The van der Waals surface area contributed by atoms with Crippen molar-refractivity contribution in [2.45, 2.75) is 5.92 Å². The van der Waals surface area contributed by atoms with Gasteiger partial charge in [-0.1, -0.05) is 36.4 Å². The molecule has 0 bridgehead atoms. The zero-order valence-electron chi connectivity index (χ0n) is 9.92. The molecule has 1 atom stereocenters. The second-order valence-corrected chi connectivity index (χ2v) is 4.03. The first-order valence-electron chi connectivity index (χ1n) is 5.84. The van der Waals surface area contributed by atoms with E-state index in [2.05, 4.69) is 0 Å². The van der Waals surface area contributed by atoms with Crippen molar-refractivity contribution in [3.05, 3.63) is 66.0 Å². The third-order valence-corrected chi connectivity index (χ3v) is 2.76. The van der Waals surface area contributed by atoms with Crippen LogP contribution in [0.15, 0.2) is 54.6 Å². The van der Waals surface area contributed by atoms with Gasteiger partial charge in [-0.05, 0) is 23.8 Å². The summed E-state index contributed by atoms with van der Waals surface area (Å²) in [6.07, 6.45) is 0. The van der Waals surface area contributed by atoms with Crippen LogP contribution in [-0.2, 0) is 0 Å². The molecule has 94 valence electrons. The van der Waals surface area contributed by atoms with Gasteiger partial charge in [-0.15, -0.1) is 0 Å². The van der Waals surface area contributed by atoms with Gasteiger partial charge in [0.1, 0.15) is 11.6 Å². The molecular formula is C15H15FO2. The summed E-state index contributed by atoms with van der Waals surface area (Å²) in [6.45, 7) is 0.106. The van der Waals surface area contributed by atoms with Gasteiger partial charge in [0.2, 0.25) is 0 Å². The summed E-state index contributed by atoms with van der Waals surface area (Å²) >= 11 is 0. The Morgan fingerprint density at radius 3 is 2.33 bits per heavy atom. The number of ether oxygens (including phenoxy) is 1. The number of aliphatic hydroxyl groups excluding tert-OH is 1. The van der Waals surface area contributed by atoms with Crippen LogP contribution < -0.4 is 4.74 Å². The molecule has 18 heavy (non-hydrogen) atoms. The Morgan fingerprint density at radius 1 is 1.00 bits per heavy atom. The maximum absolute atomic E-state index is 13.6. The summed E-state index contributed by atoms with van der Waals surface area (Å²) in [5.41, 5.74) is 0.482. The summed E-state index contributed by atoms with van der Waals surface area (Å²) in [7, 11) is 0. The van der Waals surface area contributed by atoms with Crippen LogP contribution >= 0.6 is 0 Å². The third kappa shape index (κ3) is 3.08. The van der Waals surface area contributed by atoms with Gasteiger partial charge in [0.15, 0.2) is 0 Å². The first-order valence-corrected chi connectivity index (χ1v) is 5.84. The van der Waals surface area contributed by atoms with E-state index in [0.717, 1.165) is 0 Å². The van der Waals surface area contributed by atoms with Gasteiger partial charge in [-0.25, -0.2) is 4.39 Å². The van der Waals surface area contributed by atoms with Gasteiger partial charge in [0.05, 0.1) is 13.2 Å². The van der Waals surface area contributed by atoms with Crippen LogP contribution in [0.4, 0.5) is 4.39 Å². The quantitative estimate of drug-likeness (QED) is 0.878. The second-order valence-electron chi connectivity index (χ2n) is 4.03. The smallest absolute Gasteiger partial charge is 0.126 e. The Labute approximate surface area is 106 Å². The monoisotopic (exact) mass is 246 g/mol. The van der Waals surface area contributed by atoms with Crippen LogP contribution in [0, 0.1) is 5.82 Å². The van der Waals surface area contributed by atoms with E-state index in [4.69, 9.17) is 4.74 Å². The molecule has 3 heteroatoms. The standard InChI is InChI=1S/C15H15FO2/c16-15-9-5-4-8-14(15)12(10-17)11-18-13-6-2-1-3-7-13/h1-9,12,17H,10-11H2. The summed E-state index contributed by atoms with van der Waals surface area (Å²) < 4.78 is 19.1. The lowest BCUT2D eigenvalue weighted by Gasteiger charge is -2.16. The molecule has 0 saturated carbocycles. The minimum Gasteiger partial charge on any atom is -0.493 e. The van der Waals surface area contributed by atoms with Crippen molar-refractivity contribution in [1.82, 2.24) is 0 Å². The van der Waals surface area contributed by atoms with Crippen molar-refractivity contribution in [3.8, 4) is 5.75 Å². The molecule has 2 aromatic carbocycles. The molecule has 2 rings (SSSR count). The van der Waals surface area contributed by atoms with E-state index in [1.54, 1.807) is 18.2 Å². The maximum atomic E-state index is 13.6. The molecule has 0 heterocycles. The van der Waals surface area contributed by atoms with Gasteiger partial charge in [0, 0.05) is 5.92 Å². The lowest BCUT2D eigenvalue weighted by molar-refractivity contribution is 0.202. The summed E-state index contributed by atoms with van der Waals surface area (Å²) in [6, 6.07) is 15.7. The molecular weight excluding hydrogens is 231 g/mol. The van der Waals surface area contributed by atoms with Crippen molar-refractivity contribution in [3.63, 3.8) is 0 Å². The molecule has 0 spiro atoms. The molecule has 1 N–H and O–H groups in total. The second kappa shape index (κ2) is 6.17. The molecule has 0 amide bonds. The highest BCUT2D eigenvalue weighted by atomic mass is 19.1. The normalized spacial score (nSPS) is 12.1. The number of rotatable bonds is 5. The van der Waals surface area contributed by atoms with Gasteiger partial charge in [-0.2, -0.15) is 0 Å². The number of benzene rings is 2. The van der Waals surface area contributed by atoms with E-state index in [-0.39, 0.29) is 24.9 Å². The third-order valence-electron chi connectivity index (χ3n) is 2.76. The molecule has 0 aliphatic rings. The lowest BCUT2D eigenvalue weighted by Crippen LogP contribution is -2.15.